The van der Waals surface area contributed by atoms with Gasteiger partial charge in [0.2, 0.25) is 0 Å². The Morgan fingerprint density at radius 3 is 2.79 bits per heavy atom. The molecule has 0 bridgehead atoms. The molecule has 3 rings (SSSR count). The van der Waals surface area contributed by atoms with Gasteiger partial charge in [-0.05, 0) is 48.1 Å². The Morgan fingerprint density at radius 2 is 2.05 bits per heavy atom. The van der Waals surface area contributed by atoms with E-state index in [-0.39, 0.29) is 5.82 Å². The molecule has 0 radical (unpaired) electrons. The number of nitrogens with zero attached hydrogens (tertiary/aromatic N) is 3. The second-order valence-electron chi connectivity index (χ2n) is 4.52. The lowest BCUT2D eigenvalue weighted by Gasteiger charge is -2.29. The first kappa shape index (κ1) is 12.4. The highest BCUT2D eigenvalue weighted by Crippen LogP contribution is 2.24. The molecule has 0 fully saturated rings. The summed E-state index contributed by atoms with van der Waals surface area (Å²) in [7, 11) is 0. The van der Waals surface area contributed by atoms with Crippen molar-refractivity contribution in [2.45, 2.75) is 18.0 Å². The smallest absolute Gasteiger partial charge is 0.151 e. The van der Waals surface area contributed by atoms with Crippen molar-refractivity contribution < 1.29 is 4.39 Å². The van der Waals surface area contributed by atoms with Crippen LogP contribution in [0.4, 0.5) is 10.2 Å². The van der Waals surface area contributed by atoms with Crippen molar-refractivity contribution in [3.8, 4) is 0 Å². The van der Waals surface area contributed by atoms with Crippen LogP contribution in [0, 0.1) is 5.82 Å². The summed E-state index contributed by atoms with van der Waals surface area (Å²) in [6.45, 7) is 1.62. The number of rotatable bonds is 2. The molecule has 2 aromatic rings. The molecule has 3 nitrogen and oxygen atoms in total. The maximum absolute atomic E-state index is 13.2. The Kier molecular flexibility index (Phi) is 3.38. The maximum atomic E-state index is 13.2. The van der Waals surface area contributed by atoms with Crippen LogP contribution in [-0.2, 0) is 13.0 Å². The molecule has 98 valence electrons. The van der Waals surface area contributed by atoms with E-state index in [0.717, 1.165) is 35.9 Å². The minimum absolute atomic E-state index is 0.156. The van der Waals surface area contributed by atoms with Gasteiger partial charge < -0.3 is 4.90 Å². The van der Waals surface area contributed by atoms with Crippen LogP contribution in [0.1, 0.15) is 11.1 Å². The Labute approximate surface area is 115 Å². The van der Waals surface area contributed by atoms with Gasteiger partial charge in [-0.2, -0.15) is 0 Å². The first-order valence-corrected chi connectivity index (χ1v) is 7.39. The number of fused-ring (bicyclic) bond motifs is 1. The first-order chi connectivity index (χ1) is 9.26. The lowest BCUT2D eigenvalue weighted by atomic mass is 10.00. The molecule has 5 heteroatoms. The number of aromatic nitrogens is 2. The molecule has 1 aliphatic rings. The molecule has 1 aliphatic heterocycles. The Hall–Kier alpha value is -1.62. The number of halogens is 1. The van der Waals surface area contributed by atoms with Gasteiger partial charge in [0.1, 0.15) is 10.8 Å². The number of benzene rings is 1. The van der Waals surface area contributed by atoms with Crippen molar-refractivity contribution in [1.82, 2.24) is 10.2 Å². The third-order valence-electron chi connectivity index (χ3n) is 3.34. The van der Waals surface area contributed by atoms with E-state index >= 15 is 0 Å². The van der Waals surface area contributed by atoms with E-state index in [0.29, 0.717) is 0 Å². The Morgan fingerprint density at radius 1 is 1.16 bits per heavy atom. The van der Waals surface area contributed by atoms with Gasteiger partial charge in [-0.3, -0.25) is 0 Å². The number of hydrogen-bond acceptors (Lipinski definition) is 4. The highest BCUT2D eigenvalue weighted by molar-refractivity contribution is 7.98. The van der Waals surface area contributed by atoms with Gasteiger partial charge in [0.05, 0.1) is 0 Å². The van der Waals surface area contributed by atoms with Crippen LogP contribution in [-0.4, -0.2) is 23.0 Å². The topological polar surface area (TPSA) is 29.0 Å². The second kappa shape index (κ2) is 5.17. The molecular weight excluding hydrogens is 261 g/mol. The Bertz CT molecular complexity index is 586. The lowest BCUT2D eigenvalue weighted by Crippen LogP contribution is -2.31. The highest BCUT2D eigenvalue weighted by Gasteiger charge is 2.18. The highest BCUT2D eigenvalue weighted by atomic mass is 32.2. The summed E-state index contributed by atoms with van der Waals surface area (Å²) in [6, 6.07) is 8.99. The first-order valence-electron chi connectivity index (χ1n) is 6.16. The maximum Gasteiger partial charge on any atom is 0.151 e. The van der Waals surface area contributed by atoms with Crippen molar-refractivity contribution >= 4 is 17.6 Å². The summed E-state index contributed by atoms with van der Waals surface area (Å²) in [5.74, 6) is 0.726. The molecule has 0 saturated heterocycles. The SMILES string of the molecule is CSc1ccc(N2CCc3cc(F)ccc3C2)nn1. The average molecular weight is 275 g/mol. The van der Waals surface area contributed by atoms with E-state index < -0.39 is 0 Å². The van der Waals surface area contributed by atoms with Crippen LogP contribution in [0.5, 0.6) is 0 Å². The van der Waals surface area contributed by atoms with E-state index in [2.05, 4.69) is 15.1 Å². The zero-order valence-corrected chi connectivity index (χ0v) is 11.5. The molecule has 0 saturated carbocycles. The summed E-state index contributed by atoms with van der Waals surface area (Å²) in [4.78, 5) is 2.18. The zero-order valence-electron chi connectivity index (χ0n) is 10.6. The van der Waals surface area contributed by atoms with Gasteiger partial charge in [-0.1, -0.05) is 6.07 Å². The fourth-order valence-electron chi connectivity index (χ4n) is 2.31. The third kappa shape index (κ3) is 2.56. The molecule has 19 heavy (non-hydrogen) atoms. The fraction of sp³-hybridized carbons (Fsp3) is 0.286. The van der Waals surface area contributed by atoms with E-state index in [4.69, 9.17) is 0 Å². The van der Waals surface area contributed by atoms with E-state index in [9.17, 15) is 4.39 Å². The van der Waals surface area contributed by atoms with Gasteiger partial charge in [-0.25, -0.2) is 4.39 Å². The van der Waals surface area contributed by atoms with Crippen molar-refractivity contribution in [3.05, 3.63) is 47.3 Å². The summed E-state index contributed by atoms with van der Waals surface area (Å²) < 4.78 is 13.2. The van der Waals surface area contributed by atoms with Crippen LogP contribution in [0.3, 0.4) is 0 Å². The predicted molar refractivity (Wildman–Crippen MR) is 75.0 cm³/mol. The molecule has 1 aromatic carbocycles. The van der Waals surface area contributed by atoms with Crippen LogP contribution in [0.25, 0.3) is 0 Å². The zero-order chi connectivity index (χ0) is 13.2. The van der Waals surface area contributed by atoms with Crippen molar-refractivity contribution in [3.63, 3.8) is 0 Å². The van der Waals surface area contributed by atoms with Gasteiger partial charge in [0, 0.05) is 13.1 Å². The van der Waals surface area contributed by atoms with Gasteiger partial charge >= 0.3 is 0 Å². The Balaban J connectivity index is 1.82. The standard InChI is InChI=1S/C14H14FN3S/c1-19-14-5-4-13(16-17-14)18-7-6-10-8-12(15)3-2-11(10)9-18/h2-5,8H,6-7,9H2,1H3. The van der Waals surface area contributed by atoms with Crippen LogP contribution < -0.4 is 4.90 Å². The summed E-state index contributed by atoms with van der Waals surface area (Å²) in [6.07, 6.45) is 2.83. The van der Waals surface area contributed by atoms with Crippen LogP contribution >= 0.6 is 11.8 Å². The molecule has 0 aliphatic carbocycles. The third-order valence-corrected chi connectivity index (χ3v) is 3.98. The molecule has 1 aromatic heterocycles. The predicted octanol–water partition coefficient (Wildman–Crippen LogP) is 2.90. The molecule has 2 heterocycles. The van der Waals surface area contributed by atoms with Gasteiger partial charge in [0.25, 0.3) is 0 Å². The van der Waals surface area contributed by atoms with Crippen molar-refractivity contribution in [2.75, 3.05) is 17.7 Å². The van der Waals surface area contributed by atoms with Crippen molar-refractivity contribution in [2.24, 2.45) is 0 Å². The average Bonchev–Trinajstić information content (AvgIpc) is 2.47. The minimum atomic E-state index is -0.156. The summed E-state index contributed by atoms with van der Waals surface area (Å²) in [5, 5.41) is 9.32. The quantitative estimate of drug-likeness (QED) is 0.788. The summed E-state index contributed by atoms with van der Waals surface area (Å²) in [5.41, 5.74) is 2.27. The largest absolute Gasteiger partial charge is 0.350 e. The normalized spacial score (nSPS) is 14.3. The second-order valence-corrected chi connectivity index (χ2v) is 5.35. The molecule has 0 amide bonds. The molecule has 0 unspecified atom stereocenters. The number of thioether (sulfide) groups is 1. The monoisotopic (exact) mass is 275 g/mol. The number of hydrogen-bond donors (Lipinski definition) is 0. The van der Waals surface area contributed by atoms with E-state index in [1.807, 2.05) is 24.5 Å². The van der Waals surface area contributed by atoms with E-state index in [1.54, 1.807) is 17.8 Å². The van der Waals surface area contributed by atoms with Crippen LogP contribution in [0.2, 0.25) is 0 Å². The molecule has 0 N–H and O–H groups in total. The lowest BCUT2D eigenvalue weighted by molar-refractivity contribution is 0.618. The number of anilines is 1. The molecular formula is C14H14FN3S. The minimum Gasteiger partial charge on any atom is -0.350 e. The van der Waals surface area contributed by atoms with Gasteiger partial charge in [0.15, 0.2) is 5.82 Å². The van der Waals surface area contributed by atoms with E-state index in [1.165, 1.54) is 11.6 Å². The van der Waals surface area contributed by atoms with Crippen molar-refractivity contribution in [1.29, 1.82) is 0 Å². The van der Waals surface area contributed by atoms with Gasteiger partial charge in [-0.15, -0.1) is 22.0 Å². The summed E-state index contributed by atoms with van der Waals surface area (Å²) >= 11 is 1.58. The molecule has 0 atom stereocenters. The van der Waals surface area contributed by atoms with Crippen LogP contribution in [0.15, 0.2) is 35.4 Å². The molecule has 0 spiro atoms. The fourth-order valence-corrected chi connectivity index (χ4v) is 2.63.